The van der Waals surface area contributed by atoms with Gasteiger partial charge in [-0.1, -0.05) is 18.2 Å². The Labute approximate surface area is 126 Å². The van der Waals surface area contributed by atoms with Crippen LogP contribution in [0.25, 0.3) is 0 Å². The molecule has 1 aliphatic heterocycles. The molecule has 1 fully saturated rings. The second-order valence-corrected chi connectivity index (χ2v) is 5.03. The summed E-state index contributed by atoms with van der Waals surface area (Å²) in [5.41, 5.74) is 0. The first-order valence-corrected chi connectivity index (χ1v) is 7.01. The number of ether oxygens (including phenoxy) is 1. The summed E-state index contributed by atoms with van der Waals surface area (Å²) >= 11 is 0. The van der Waals surface area contributed by atoms with E-state index in [0.717, 1.165) is 0 Å². The number of rotatable bonds is 4. The summed E-state index contributed by atoms with van der Waals surface area (Å²) in [4.78, 5) is 24.8. The number of nitrogens with zero attached hydrogens (tertiary/aromatic N) is 1. The minimum Gasteiger partial charge on any atom is -0.480 e. The molecule has 1 aromatic carbocycles. The number of hydrogen-bond donors (Lipinski definition) is 1. The van der Waals surface area contributed by atoms with Gasteiger partial charge < -0.3 is 19.2 Å². The molecule has 1 aliphatic rings. The van der Waals surface area contributed by atoms with Crippen LogP contribution in [-0.4, -0.2) is 34.5 Å². The molecule has 0 radical (unpaired) electrons. The average Bonchev–Trinajstić information content (AvgIpc) is 3.16. The van der Waals surface area contributed by atoms with Crippen molar-refractivity contribution in [1.29, 1.82) is 0 Å². The van der Waals surface area contributed by atoms with Crippen LogP contribution in [0.15, 0.2) is 46.9 Å². The van der Waals surface area contributed by atoms with Gasteiger partial charge in [-0.3, -0.25) is 4.79 Å². The van der Waals surface area contributed by atoms with E-state index in [4.69, 9.17) is 14.3 Å². The molecular formula is C16H15NO5. The summed E-state index contributed by atoms with van der Waals surface area (Å²) in [7, 11) is 0. The van der Waals surface area contributed by atoms with E-state index in [0.29, 0.717) is 25.1 Å². The highest BCUT2D eigenvalue weighted by molar-refractivity contribution is 5.94. The number of carboxylic acids is 1. The lowest BCUT2D eigenvalue weighted by atomic mass is 10.2. The molecule has 0 saturated carbocycles. The number of carbonyl (C=O) groups excluding carboxylic acids is 1. The quantitative estimate of drug-likeness (QED) is 0.939. The van der Waals surface area contributed by atoms with Gasteiger partial charge in [0.05, 0.1) is 0 Å². The standard InChI is InChI=1S/C16H15NO5/c18-15(17-10-4-7-12(17)16(19)20)13-8-9-14(22-13)21-11-5-2-1-3-6-11/h1-3,5-6,8-9,12H,4,7,10H2,(H,19,20). The number of para-hydroxylation sites is 1. The van der Waals surface area contributed by atoms with E-state index in [1.165, 1.54) is 11.0 Å². The monoisotopic (exact) mass is 301 g/mol. The third-order valence-corrected chi connectivity index (χ3v) is 3.55. The van der Waals surface area contributed by atoms with Crippen LogP contribution in [-0.2, 0) is 4.79 Å². The van der Waals surface area contributed by atoms with Gasteiger partial charge in [0.15, 0.2) is 5.76 Å². The van der Waals surface area contributed by atoms with Gasteiger partial charge in [-0.25, -0.2) is 4.79 Å². The van der Waals surface area contributed by atoms with Crippen LogP contribution in [0, 0.1) is 0 Å². The fraction of sp³-hybridized carbons (Fsp3) is 0.250. The van der Waals surface area contributed by atoms with Gasteiger partial charge in [-0.05, 0) is 31.0 Å². The normalized spacial score (nSPS) is 17.5. The number of carbonyl (C=O) groups is 2. The van der Waals surface area contributed by atoms with E-state index in [-0.39, 0.29) is 11.7 Å². The van der Waals surface area contributed by atoms with E-state index < -0.39 is 17.9 Å². The highest BCUT2D eigenvalue weighted by atomic mass is 16.6. The van der Waals surface area contributed by atoms with Gasteiger partial charge in [0.25, 0.3) is 11.9 Å². The lowest BCUT2D eigenvalue weighted by Gasteiger charge is -2.19. The van der Waals surface area contributed by atoms with Gasteiger partial charge >= 0.3 is 5.97 Å². The van der Waals surface area contributed by atoms with Crippen LogP contribution in [0.3, 0.4) is 0 Å². The predicted molar refractivity (Wildman–Crippen MR) is 76.9 cm³/mol. The lowest BCUT2D eigenvalue weighted by molar-refractivity contribution is -0.141. The van der Waals surface area contributed by atoms with E-state index in [1.54, 1.807) is 18.2 Å². The Morgan fingerprint density at radius 1 is 1.18 bits per heavy atom. The zero-order valence-electron chi connectivity index (χ0n) is 11.8. The molecule has 3 rings (SSSR count). The van der Waals surface area contributed by atoms with Gasteiger partial charge in [0.1, 0.15) is 11.8 Å². The fourth-order valence-corrected chi connectivity index (χ4v) is 2.50. The van der Waals surface area contributed by atoms with Crippen molar-refractivity contribution < 1.29 is 23.8 Å². The zero-order chi connectivity index (χ0) is 15.5. The first-order chi connectivity index (χ1) is 10.6. The maximum absolute atomic E-state index is 12.3. The SMILES string of the molecule is O=C(O)C1CCCN1C(=O)c1ccc(Oc2ccccc2)o1. The minimum absolute atomic E-state index is 0.0825. The Morgan fingerprint density at radius 3 is 2.68 bits per heavy atom. The van der Waals surface area contributed by atoms with Crippen molar-refractivity contribution in [3.63, 3.8) is 0 Å². The number of amides is 1. The first-order valence-electron chi connectivity index (χ1n) is 7.01. The molecule has 1 saturated heterocycles. The van der Waals surface area contributed by atoms with Crippen LogP contribution in [0.5, 0.6) is 11.7 Å². The second-order valence-electron chi connectivity index (χ2n) is 5.03. The molecule has 6 heteroatoms. The summed E-state index contributed by atoms with van der Waals surface area (Å²) in [6.45, 7) is 0.422. The largest absolute Gasteiger partial charge is 0.480 e. The molecule has 1 atom stereocenters. The van der Waals surface area contributed by atoms with Gasteiger partial charge in [-0.15, -0.1) is 0 Å². The van der Waals surface area contributed by atoms with Crippen LogP contribution in [0.2, 0.25) is 0 Å². The van der Waals surface area contributed by atoms with Gasteiger partial charge in [0, 0.05) is 12.6 Å². The molecule has 0 spiro atoms. The Balaban J connectivity index is 1.73. The first kappa shape index (κ1) is 14.2. The molecule has 1 N–H and O–H groups in total. The summed E-state index contributed by atoms with van der Waals surface area (Å²) in [5, 5.41) is 9.13. The van der Waals surface area contributed by atoms with Gasteiger partial charge in [0.2, 0.25) is 0 Å². The molecule has 2 aromatic rings. The van der Waals surface area contributed by atoms with Crippen LogP contribution >= 0.6 is 0 Å². The molecule has 0 aliphatic carbocycles. The highest BCUT2D eigenvalue weighted by Crippen LogP contribution is 2.26. The highest BCUT2D eigenvalue weighted by Gasteiger charge is 2.35. The van der Waals surface area contributed by atoms with Crippen LogP contribution < -0.4 is 4.74 Å². The fourth-order valence-electron chi connectivity index (χ4n) is 2.50. The molecule has 6 nitrogen and oxygen atoms in total. The summed E-state index contributed by atoms with van der Waals surface area (Å²) in [6.07, 6.45) is 1.14. The number of benzene rings is 1. The topological polar surface area (TPSA) is 80.0 Å². The lowest BCUT2D eigenvalue weighted by Crippen LogP contribution is -2.40. The van der Waals surface area contributed by atoms with Crippen molar-refractivity contribution in [1.82, 2.24) is 4.90 Å². The third kappa shape index (κ3) is 2.81. The van der Waals surface area contributed by atoms with E-state index in [1.807, 2.05) is 18.2 Å². The Bertz CT molecular complexity index is 679. The maximum Gasteiger partial charge on any atom is 0.326 e. The number of furan rings is 1. The van der Waals surface area contributed by atoms with E-state index >= 15 is 0 Å². The summed E-state index contributed by atoms with van der Waals surface area (Å²) < 4.78 is 10.9. The van der Waals surface area contributed by atoms with Crippen molar-refractivity contribution in [2.75, 3.05) is 6.54 Å². The number of likely N-dealkylation sites (tertiary alicyclic amines) is 1. The van der Waals surface area contributed by atoms with E-state index in [2.05, 4.69) is 0 Å². The smallest absolute Gasteiger partial charge is 0.326 e. The minimum atomic E-state index is -0.988. The Kier molecular flexibility index (Phi) is 3.82. The van der Waals surface area contributed by atoms with Crippen LogP contribution in [0.4, 0.5) is 0 Å². The second kappa shape index (κ2) is 5.93. The molecule has 1 aromatic heterocycles. The molecule has 0 bridgehead atoms. The molecule has 22 heavy (non-hydrogen) atoms. The molecule has 114 valence electrons. The molecule has 1 amide bonds. The maximum atomic E-state index is 12.3. The Hall–Kier alpha value is -2.76. The van der Waals surface area contributed by atoms with Crippen molar-refractivity contribution in [3.8, 4) is 11.7 Å². The van der Waals surface area contributed by atoms with Crippen molar-refractivity contribution in [3.05, 3.63) is 48.2 Å². The predicted octanol–water partition coefficient (Wildman–Crippen LogP) is 2.76. The molecule has 2 heterocycles. The van der Waals surface area contributed by atoms with Crippen molar-refractivity contribution in [2.24, 2.45) is 0 Å². The number of carboxylic acid groups (broad SMARTS) is 1. The molecular weight excluding hydrogens is 286 g/mol. The molecule has 1 unspecified atom stereocenters. The summed E-state index contributed by atoms with van der Waals surface area (Å²) in [6, 6.07) is 11.3. The van der Waals surface area contributed by atoms with Gasteiger partial charge in [-0.2, -0.15) is 0 Å². The Morgan fingerprint density at radius 2 is 1.95 bits per heavy atom. The number of aliphatic carboxylic acids is 1. The van der Waals surface area contributed by atoms with Crippen LogP contribution in [0.1, 0.15) is 23.4 Å². The average molecular weight is 301 g/mol. The zero-order valence-corrected chi connectivity index (χ0v) is 11.8. The number of hydrogen-bond acceptors (Lipinski definition) is 4. The summed E-state index contributed by atoms with van der Waals surface area (Å²) in [5.74, 6) is -0.536. The van der Waals surface area contributed by atoms with Crippen molar-refractivity contribution >= 4 is 11.9 Å². The van der Waals surface area contributed by atoms with E-state index in [9.17, 15) is 9.59 Å². The third-order valence-electron chi connectivity index (χ3n) is 3.55. The van der Waals surface area contributed by atoms with Crippen molar-refractivity contribution in [2.45, 2.75) is 18.9 Å².